The Labute approximate surface area is 97.7 Å². The van der Waals surface area contributed by atoms with Crippen LogP contribution in [0.4, 0.5) is 4.79 Å². The van der Waals surface area contributed by atoms with Gasteiger partial charge in [0.1, 0.15) is 11.4 Å². The zero-order valence-corrected chi connectivity index (χ0v) is 9.20. The first kappa shape index (κ1) is 11.1. The Balaban J connectivity index is 2.37. The van der Waals surface area contributed by atoms with E-state index in [1.807, 2.05) is 0 Å². The number of benzene rings is 1. The number of amides is 3. The van der Waals surface area contributed by atoms with E-state index in [-0.39, 0.29) is 5.84 Å². The summed E-state index contributed by atoms with van der Waals surface area (Å²) in [5.74, 6) is -0.431. The molecule has 1 atom stereocenters. The monoisotopic (exact) mass is 232 g/mol. The van der Waals surface area contributed by atoms with Gasteiger partial charge < -0.3 is 11.1 Å². The molecule has 6 nitrogen and oxygen atoms in total. The van der Waals surface area contributed by atoms with Crippen molar-refractivity contribution in [1.82, 2.24) is 10.6 Å². The van der Waals surface area contributed by atoms with Crippen LogP contribution in [0.25, 0.3) is 0 Å². The van der Waals surface area contributed by atoms with Crippen LogP contribution in [-0.4, -0.2) is 17.8 Å². The van der Waals surface area contributed by atoms with Crippen LogP contribution in [0.15, 0.2) is 24.3 Å². The van der Waals surface area contributed by atoms with E-state index in [1.54, 1.807) is 31.2 Å². The molecule has 0 spiro atoms. The lowest BCUT2D eigenvalue weighted by molar-refractivity contribution is -0.123. The highest BCUT2D eigenvalue weighted by atomic mass is 16.2. The SMILES string of the molecule is C[C@@]1(c2ccc(C(=N)N)cc2)NC(=O)NC1=O. The van der Waals surface area contributed by atoms with E-state index < -0.39 is 17.5 Å². The van der Waals surface area contributed by atoms with Gasteiger partial charge in [0.15, 0.2) is 0 Å². The van der Waals surface area contributed by atoms with E-state index in [0.717, 1.165) is 0 Å². The first-order chi connectivity index (χ1) is 7.93. The fraction of sp³-hybridized carbons (Fsp3) is 0.182. The van der Waals surface area contributed by atoms with Crippen molar-refractivity contribution in [3.8, 4) is 0 Å². The summed E-state index contributed by atoms with van der Waals surface area (Å²) in [6, 6.07) is 6.11. The Morgan fingerprint density at radius 2 is 1.88 bits per heavy atom. The largest absolute Gasteiger partial charge is 0.384 e. The molecule has 0 radical (unpaired) electrons. The Bertz CT molecular complexity index is 509. The smallest absolute Gasteiger partial charge is 0.322 e. The fourth-order valence-corrected chi connectivity index (χ4v) is 1.73. The van der Waals surface area contributed by atoms with Crippen molar-refractivity contribution in [2.75, 3.05) is 0 Å². The molecule has 0 aromatic heterocycles. The minimum atomic E-state index is -1.06. The van der Waals surface area contributed by atoms with Crippen molar-refractivity contribution in [3.63, 3.8) is 0 Å². The first-order valence-electron chi connectivity index (χ1n) is 5.02. The third-order valence-corrected chi connectivity index (χ3v) is 2.82. The van der Waals surface area contributed by atoms with Crippen molar-refractivity contribution in [2.45, 2.75) is 12.5 Å². The molecule has 1 aromatic carbocycles. The number of nitrogens with one attached hydrogen (secondary N) is 3. The average molecular weight is 232 g/mol. The number of hydrogen-bond acceptors (Lipinski definition) is 3. The molecule has 1 fully saturated rings. The highest BCUT2D eigenvalue weighted by Crippen LogP contribution is 2.24. The molecular weight excluding hydrogens is 220 g/mol. The summed E-state index contributed by atoms with van der Waals surface area (Å²) < 4.78 is 0. The predicted molar refractivity (Wildman–Crippen MR) is 61.5 cm³/mol. The molecule has 0 unspecified atom stereocenters. The van der Waals surface area contributed by atoms with Crippen LogP contribution in [0.5, 0.6) is 0 Å². The lowest BCUT2D eigenvalue weighted by atomic mass is 9.91. The van der Waals surface area contributed by atoms with E-state index in [2.05, 4.69) is 10.6 Å². The number of hydrogen-bond donors (Lipinski definition) is 4. The molecule has 17 heavy (non-hydrogen) atoms. The molecule has 5 N–H and O–H groups in total. The van der Waals surface area contributed by atoms with Gasteiger partial charge in [0.2, 0.25) is 0 Å². The quantitative estimate of drug-likeness (QED) is 0.328. The summed E-state index contributed by atoms with van der Waals surface area (Å²) >= 11 is 0. The van der Waals surface area contributed by atoms with Gasteiger partial charge in [0, 0.05) is 5.56 Å². The maximum atomic E-state index is 11.7. The van der Waals surface area contributed by atoms with Gasteiger partial charge in [-0.2, -0.15) is 0 Å². The minimum absolute atomic E-state index is 0.0402. The third kappa shape index (κ3) is 1.73. The lowest BCUT2D eigenvalue weighted by Gasteiger charge is -2.21. The molecule has 88 valence electrons. The Morgan fingerprint density at radius 1 is 1.29 bits per heavy atom. The second-order valence-electron chi connectivity index (χ2n) is 4.02. The maximum absolute atomic E-state index is 11.7. The van der Waals surface area contributed by atoms with Crippen molar-refractivity contribution in [1.29, 1.82) is 5.41 Å². The van der Waals surface area contributed by atoms with E-state index >= 15 is 0 Å². The number of urea groups is 1. The standard InChI is InChI=1S/C11H12N4O2/c1-11(9(16)14-10(17)15-11)7-4-2-6(3-5-7)8(12)13/h2-5H,1H3,(H3,12,13)(H2,14,15,16,17)/t11-/m0/s1. The number of carbonyl (C=O) groups excluding carboxylic acids is 2. The van der Waals surface area contributed by atoms with Gasteiger partial charge in [-0.15, -0.1) is 0 Å². The van der Waals surface area contributed by atoms with Crippen LogP contribution in [0.2, 0.25) is 0 Å². The molecular formula is C11H12N4O2. The normalized spacial score (nSPS) is 23.1. The van der Waals surface area contributed by atoms with Crippen LogP contribution in [0.1, 0.15) is 18.1 Å². The summed E-state index contributed by atoms with van der Waals surface area (Å²) in [5, 5.41) is 12.0. The van der Waals surface area contributed by atoms with Gasteiger partial charge >= 0.3 is 6.03 Å². The number of nitrogen functional groups attached to an aromatic ring is 1. The van der Waals surface area contributed by atoms with Crippen LogP contribution in [0.3, 0.4) is 0 Å². The van der Waals surface area contributed by atoms with E-state index in [0.29, 0.717) is 11.1 Å². The van der Waals surface area contributed by atoms with Crippen molar-refractivity contribution in [3.05, 3.63) is 35.4 Å². The van der Waals surface area contributed by atoms with Crippen LogP contribution < -0.4 is 16.4 Å². The van der Waals surface area contributed by atoms with Gasteiger partial charge in [-0.25, -0.2) is 4.79 Å². The third-order valence-electron chi connectivity index (χ3n) is 2.82. The van der Waals surface area contributed by atoms with Crippen molar-refractivity contribution in [2.24, 2.45) is 5.73 Å². The highest BCUT2D eigenvalue weighted by Gasteiger charge is 2.43. The highest BCUT2D eigenvalue weighted by molar-refractivity contribution is 6.07. The second-order valence-corrected chi connectivity index (χ2v) is 4.02. The Morgan fingerprint density at radius 3 is 2.29 bits per heavy atom. The van der Waals surface area contributed by atoms with Crippen molar-refractivity contribution < 1.29 is 9.59 Å². The predicted octanol–water partition coefficient (Wildman–Crippen LogP) is 0.0253. The number of amidine groups is 1. The number of carbonyl (C=O) groups is 2. The molecule has 1 aliphatic rings. The molecule has 0 saturated carbocycles. The molecule has 3 amide bonds. The van der Waals surface area contributed by atoms with Gasteiger partial charge in [-0.1, -0.05) is 24.3 Å². The zero-order valence-electron chi connectivity index (χ0n) is 9.20. The number of rotatable bonds is 2. The van der Waals surface area contributed by atoms with Crippen LogP contribution in [-0.2, 0) is 10.3 Å². The van der Waals surface area contributed by atoms with Gasteiger partial charge in [-0.05, 0) is 12.5 Å². The molecule has 1 heterocycles. The Kier molecular flexibility index (Phi) is 2.35. The minimum Gasteiger partial charge on any atom is -0.384 e. The summed E-state index contributed by atoms with van der Waals surface area (Å²) in [4.78, 5) is 22.8. The van der Waals surface area contributed by atoms with Crippen molar-refractivity contribution >= 4 is 17.8 Å². The topological polar surface area (TPSA) is 108 Å². The summed E-state index contributed by atoms with van der Waals surface area (Å²) in [5.41, 5.74) is 5.49. The van der Waals surface area contributed by atoms with Crippen LogP contribution in [0, 0.1) is 5.41 Å². The number of nitrogens with two attached hydrogens (primary N) is 1. The van der Waals surface area contributed by atoms with Gasteiger partial charge in [0.25, 0.3) is 5.91 Å². The molecule has 0 aliphatic carbocycles. The lowest BCUT2D eigenvalue weighted by Crippen LogP contribution is -2.40. The molecule has 0 bridgehead atoms. The summed E-state index contributed by atoms with van der Waals surface area (Å²) in [6.45, 7) is 1.62. The van der Waals surface area contributed by atoms with E-state index in [4.69, 9.17) is 11.1 Å². The van der Waals surface area contributed by atoms with Gasteiger partial charge in [-0.3, -0.25) is 15.5 Å². The number of imide groups is 1. The maximum Gasteiger partial charge on any atom is 0.322 e. The summed E-state index contributed by atoms with van der Waals surface area (Å²) in [6.07, 6.45) is 0. The molecule has 1 saturated heterocycles. The van der Waals surface area contributed by atoms with E-state index in [1.165, 1.54) is 0 Å². The molecule has 6 heteroatoms. The summed E-state index contributed by atoms with van der Waals surface area (Å²) in [7, 11) is 0. The molecule has 1 aliphatic heterocycles. The fourth-order valence-electron chi connectivity index (χ4n) is 1.73. The molecule has 2 rings (SSSR count). The Hall–Kier alpha value is -2.37. The second kappa shape index (κ2) is 3.58. The zero-order chi connectivity index (χ0) is 12.6. The van der Waals surface area contributed by atoms with E-state index in [9.17, 15) is 9.59 Å². The van der Waals surface area contributed by atoms with Crippen LogP contribution >= 0.6 is 0 Å². The average Bonchev–Trinajstić information content (AvgIpc) is 2.54. The first-order valence-corrected chi connectivity index (χ1v) is 5.02. The van der Waals surface area contributed by atoms with Gasteiger partial charge in [0.05, 0.1) is 0 Å². The molecule has 1 aromatic rings.